The molecular weight excluding hydrogens is 238 g/mol. The fraction of sp³-hybridized carbons (Fsp3) is 0.833. The van der Waals surface area contributed by atoms with Crippen molar-refractivity contribution in [2.75, 3.05) is 13.7 Å². The van der Waals surface area contributed by atoms with E-state index in [0.29, 0.717) is 5.28 Å². The molecule has 1 aromatic rings. The number of ether oxygens (including phenoxy) is 1. The Morgan fingerprint density at radius 1 is 1.35 bits per heavy atom. The van der Waals surface area contributed by atoms with Crippen molar-refractivity contribution in [3.63, 3.8) is 0 Å². The zero-order valence-corrected chi connectivity index (χ0v) is 11.9. The second-order valence-corrected chi connectivity index (χ2v) is 5.47. The number of aromatic nitrogens is 3. The summed E-state index contributed by atoms with van der Waals surface area (Å²) in [6, 6.07) is 0. The first-order valence-corrected chi connectivity index (χ1v) is 6.44. The molecule has 0 atom stereocenters. The van der Waals surface area contributed by atoms with Crippen LogP contribution in [0.3, 0.4) is 0 Å². The molecule has 1 rings (SSSR count). The van der Waals surface area contributed by atoms with Crippen LogP contribution < -0.4 is 0 Å². The van der Waals surface area contributed by atoms with Crippen molar-refractivity contribution in [3.05, 3.63) is 11.1 Å². The van der Waals surface area contributed by atoms with Gasteiger partial charge in [-0.05, 0) is 29.9 Å². The van der Waals surface area contributed by atoms with Gasteiger partial charge in [-0.1, -0.05) is 20.8 Å². The van der Waals surface area contributed by atoms with Crippen molar-refractivity contribution in [3.8, 4) is 0 Å². The minimum absolute atomic E-state index is 0.129. The normalized spacial score (nSPS) is 12.1. The molecule has 0 unspecified atom stereocenters. The first-order chi connectivity index (χ1) is 8.00. The molecule has 4 nitrogen and oxygen atoms in total. The molecule has 0 aliphatic rings. The number of halogens is 1. The summed E-state index contributed by atoms with van der Waals surface area (Å²) >= 11 is 6.08. The summed E-state index contributed by atoms with van der Waals surface area (Å²) in [4.78, 5) is 0. The summed E-state index contributed by atoms with van der Waals surface area (Å²) in [6.07, 6.45) is 2.96. The van der Waals surface area contributed by atoms with Crippen molar-refractivity contribution in [1.29, 1.82) is 0 Å². The molecule has 0 bridgehead atoms. The molecule has 17 heavy (non-hydrogen) atoms. The Bertz CT molecular complexity index is 350. The van der Waals surface area contributed by atoms with E-state index in [0.717, 1.165) is 38.2 Å². The summed E-state index contributed by atoms with van der Waals surface area (Å²) in [5, 5.41) is 8.55. The maximum Gasteiger partial charge on any atom is 0.225 e. The number of aryl methyl sites for hydroxylation is 1. The van der Waals surface area contributed by atoms with Crippen LogP contribution in [0.15, 0.2) is 0 Å². The van der Waals surface area contributed by atoms with Crippen molar-refractivity contribution < 1.29 is 4.74 Å². The summed E-state index contributed by atoms with van der Waals surface area (Å²) in [5.74, 6) is 0.975. The second-order valence-electron chi connectivity index (χ2n) is 5.13. The van der Waals surface area contributed by atoms with Crippen LogP contribution >= 0.6 is 11.6 Å². The fourth-order valence-corrected chi connectivity index (χ4v) is 1.96. The van der Waals surface area contributed by atoms with Gasteiger partial charge in [0, 0.05) is 26.7 Å². The highest BCUT2D eigenvalue weighted by Gasteiger charge is 2.22. The van der Waals surface area contributed by atoms with Crippen LogP contribution in [-0.4, -0.2) is 28.5 Å². The van der Waals surface area contributed by atoms with Gasteiger partial charge >= 0.3 is 0 Å². The van der Waals surface area contributed by atoms with Crippen molar-refractivity contribution in [1.82, 2.24) is 14.8 Å². The molecule has 0 aliphatic carbocycles. The number of hydrogen-bond donors (Lipinski definition) is 0. The lowest BCUT2D eigenvalue weighted by Crippen LogP contribution is -2.23. The van der Waals surface area contributed by atoms with Crippen molar-refractivity contribution >= 4 is 11.6 Å². The number of nitrogens with zero attached hydrogens (tertiary/aromatic N) is 3. The van der Waals surface area contributed by atoms with Crippen LogP contribution in [0.1, 0.15) is 39.4 Å². The van der Waals surface area contributed by atoms with Gasteiger partial charge in [-0.25, -0.2) is 0 Å². The van der Waals surface area contributed by atoms with Gasteiger partial charge in [-0.2, -0.15) is 0 Å². The van der Waals surface area contributed by atoms with Crippen LogP contribution in [0.5, 0.6) is 0 Å². The highest BCUT2D eigenvalue weighted by Crippen LogP contribution is 2.25. The van der Waals surface area contributed by atoms with Crippen LogP contribution in [0.2, 0.25) is 5.28 Å². The Labute approximate surface area is 108 Å². The Kier molecular flexibility index (Phi) is 5.40. The van der Waals surface area contributed by atoms with E-state index >= 15 is 0 Å². The third-order valence-electron chi connectivity index (χ3n) is 2.82. The monoisotopic (exact) mass is 259 g/mol. The molecule has 0 aliphatic heterocycles. The third-order valence-corrected chi connectivity index (χ3v) is 3.10. The molecular formula is C12H22ClN3O. The van der Waals surface area contributed by atoms with E-state index < -0.39 is 0 Å². The number of hydrogen-bond acceptors (Lipinski definition) is 3. The minimum atomic E-state index is 0.129. The van der Waals surface area contributed by atoms with E-state index in [1.54, 1.807) is 7.11 Å². The van der Waals surface area contributed by atoms with Gasteiger partial charge in [0.25, 0.3) is 0 Å². The summed E-state index contributed by atoms with van der Waals surface area (Å²) in [5.41, 5.74) is 0.129. The lowest BCUT2D eigenvalue weighted by molar-refractivity contribution is 0.142. The van der Waals surface area contributed by atoms with E-state index in [1.807, 2.05) is 4.57 Å². The van der Waals surface area contributed by atoms with E-state index in [2.05, 4.69) is 31.0 Å². The maximum atomic E-state index is 6.08. The number of methoxy groups -OCH3 is 1. The van der Waals surface area contributed by atoms with Gasteiger partial charge in [0.05, 0.1) is 0 Å². The Morgan fingerprint density at radius 3 is 2.65 bits per heavy atom. The fourth-order valence-electron chi connectivity index (χ4n) is 1.76. The molecule has 0 N–H and O–H groups in total. The van der Waals surface area contributed by atoms with Gasteiger partial charge in [0.1, 0.15) is 5.82 Å². The average Bonchev–Trinajstić information content (AvgIpc) is 2.59. The molecule has 1 heterocycles. The molecule has 0 aromatic carbocycles. The Morgan fingerprint density at radius 2 is 2.06 bits per heavy atom. The quantitative estimate of drug-likeness (QED) is 0.756. The second kappa shape index (κ2) is 6.36. The maximum absolute atomic E-state index is 6.08. The SMILES string of the molecule is CCCc1nnc(Cl)n1CC(C)(C)CCOC. The molecule has 0 spiro atoms. The molecule has 0 saturated heterocycles. The Balaban J connectivity index is 2.75. The van der Waals surface area contributed by atoms with E-state index in [4.69, 9.17) is 16.3 Å². The van der Waals surface area contributed by atoms with Crippen LogP contribution in [-0.2, 0) is 17.7 Å². The first kappa shape index (κ1) is 14.5. The Hall–Kier alpha value is -0.610. The zero-order chi connectivity index (χ0) is 12.9. The predicted molar refractivity (Wildman–Crippen MR) is 69.3 cm³/mol. The van der Waals surface area contributed by atoms with Crippen molar-refractivity contribution in [2.24, 2.45) is 5.41 Å². The van der Waals surface area contributed by atoms with Gasteiger partial charge < -0.3 is 9.30 Å². The topological polar surface area (TPSA) is 39.9 Å². The van der Waals surface area contributed by atoms with Crippen LogP contribution in [0.25, 0.3) is 0 Å². The summed E-state index contributed by atoms with van der Waals surface area (Å²) in [7, 11) is 1.73. The molecule has 0 radical (unpaired) electrons. The molecule has 98 valence electrons. The third kappa shape index (κ3) is 4.28. The van der Waals surface area contributed by atoms with Gasteiger partial charge in [0.15, 0.2) is 0 Å². The van der Waals surface area contributed by atoms with Crippen LogP contribution in [0, 0.1) is 5.41 Å². The van der Waals surface area contributed by atoms with Gasteiger partial charge in [-0.3, -0.25) is 0 Å². The summed E-state index contributed by atoms with van der Waals surface area (Å²) < 4.78 is 7.15. The molecule has 1 aromatic heterocycles. The highest BCUT2D eigenvalue weighted by atomic mass is 35.5. The van der Waals surface area contributed by atoms with E-state index in [1.165, 1.54) is 0 Å². The smallest absolute Gasteiger partial charge is 0.225 e. The highest BCUT2D eigenvalue weighted by molar-refractivity contribution is 6.28. The largest absolute Gasteiger partial charge is 0.385 e. The minimum Gasteiger partial charge on any atom is -0.385 e. The standard InChI is InChI=1S/C12H22ClN3O/c1-5-6-10-14-15-11(13)16(10)9-12(2,3)7-8-17-4/h5-9H2,1-4H3. The average molecular weight is 260 g/mol. The molecule has 0 amide bonds. The first-order valence-electron chi connectivity index (χ1n) is 6.06. The predicted octanol–water partition coefficient (Wildman–Crippen LogP) is 2.95. The molecule has 5 heteroatoms. The van der Waals surface area contributed by atoms with E-state index in [9.17, 15) is 0 Å². The molecule has 0 fully saturated rings. The number of rotatable bonds is 7. The van der Waals surface area contributed by atoms with Crippen molar-refractivity contribution in [2.45, 2.75) is 46.6 Å². The lowest BCUT2D eigenvalue weighted by atomic mass is 9.89. The van der Waals surface area contributed by atoms with Gasteiger partial charge in [-0.15, -0.1) is 10.2 Å². The zero-order valence-electron chi connectivity index (χ0n) is 11.2. The van der Waals surface area contributed by atoms with Crippen LogP contribution in [0.4, 0.5) is 0 Å². The summed E-state index contributed by atoms with van der Waals surface area (Å²) in [6.45, 7) is 8.13. The van der Waals surface area contributed by atoms with E-state index in [-0.39, 0.29) is 5.41 Å². The van der Waals surface area contributed by atoms with Gasteiger partial charge in [0.2, 0.25) is 5.28 Å². The molecule has 0 saturated carbocycles. The lowest BCUT2D eigenvalue weighted by Gasteiger charge is -2.25.